The lowest BCUT2D eigenvalue weighted by molar-refractivity contribution is -0.150. The fourth-order valence-corrected chi connectivity index (χ4v) is 4.43. The molecule has 3 aliphatic heterocycles. The molecule has 4 rings (SSSR count). The maximum Gasteiger partial charge on any atom is 0.312 e. The molecule has 1 spiro atoms. The first kappa shape index (κ1) is 18.2. The highest BCUT2D eigenvalue weighted by molar-refractivity contribution is 5.92. The zero-order valence-corrected chi connectivity index (χ0v) is 15.7. The van der Waals surface area contributed by atoms with E-state index < -0.39 is 5.41 Å². The highest BCUT2D eigenvalue weighted by Crippen LogP contribution is 2.43. The first-order chi connectivity index (χ1) is 13.1. The Morgan fingerprint density at radius 1 is 1.22 bits per heavy atom. The number of piperidine rings is 1. The minimum absolute atomic E-state index is 0.00898. The number of carbonyl (C=O) groups excluding carboxylic acids is 2. The summed E-state index contributed by atoms with van der Waals surface area (Å²) >= 11 is 0. The van der Waals surface area contributed by atoms with E-state index in [9.17, 15) is 9.59 Å². The van der Waals surface area contributed by atoms with E-state index in [0.29, 0.717) is 37.5 Å². The summed E-state index contributed by atoms with van der Waals surface area (Å²) in [6.45, 7) is 4.13. The van der Waals surface area contributed by atoms with Crippen LogP contribution in [0.25, 0.3) is 0 Å². The predicted molar refractivity (Wildman–Crippen MR) is 96.3 cm³/mol. The smallest absolute Gasteiger partial charge is 0.312 e. The molecule has 0 bridgehead atoms. The molecule has 1 aromatic rings. The van der Waals surface area contributed by atoms with Gasteiger partial charge >= 0.3 is 5.97 Å². The van der Waals surface area contributed by atoms with E-state index in [1.165, 1.54) is 32.3 Å². The quantitative estimate of drug-likeness (QED) is 0.730. The van der Waals surface area contributed by atoms with Crippen LogP contribution >= 0.6 is 0 Å². The van der Waals surface area contributed by atoms with Gasteiger partial charge in [-0.2, -0.15) is 0 Å². The van der Waals surface area contributed by atoms with Crippen molar-refractivity contribution in [3.8, 4) is 5.88 Å². The Morgan fingerprint density at radius 2 is 1.96 bits per heavy atom. The molecule has 1 aromatic heterocycles. The Morgan fingerprint density at radius 3 is 2.59 bits per heavy atom. The SMILES string of the molecule is COc1cnc(C(=O)N2CCC3(CC2)CC(CN2CCCC2)OC3=O)cn1. The first-order valence-electron chi connectivity index (χ1n) is 9.68. The van der Waals surface area contributed by atoms with E-state index in [1.54, 1.807) is 4.90 Å². The molecule has 0 radical (unpaired) electrons. The molecule has 0 N–H and O–H groups in total. The molecular weight excluding hydrogens is 348 g/mol. The summed E-state index contributed by atoms with van der Waals surface area (Å²) in [5, 5.41) is 0. The molecule has 0 aromatic carbocycles. The summed E-state index contributed by atoms with van der Waals surface area (Å²) < 4.78 is 10.7. The van der Waals surface area contributed by atoms with Crippen LogP contribution in [0.1, 0.15) is 42.6 Å². The second kappa shape index (κ2) is 7.42. The summed E-state index contributed by atoms with van der Waals surface area (Å²) in [6.07, 6.45) is 7.40. The molecule has 4 heterocycles. The normalized spacial score (nSPS) is 25.0. The van der Waals surface area contributed by atoms with E-state index >= 15 is 0 Å². The number of methoxy groups -OCH3 is 1. The van der Waals surface area contributed by atoms with Crippen molar-refractivity contribution >= 4 is 11.9 Å². The van der Waals surface area contributed by atoms with E-state index in [1.807, 2.05) is 0 Å². The topological polar surface area (TPSA) is 84.9 Å². The molecule has 8 nitrogen and oxygen atoms in total. The number of hydrogen-bond acceptors (Lipinski definition) is 7. The van der Waals surface area contributed by atoms with Crippen molar-refractivity contribution in [3.63, 3.8) is 0 Å². The molecule has 3 aliphatic rings. The van der Waals surface area contributed by atoms with Crippen molar-refractivity contribution < 1.29 is 19.1 Å². The Hall–Kier alpha value is -2.22. The Bertz CT molecular complexity index is 694. The number of aromatic nitrogens is 2. The Kier molecular flexibility index (Phi) is 4.99. The van der Waals surface area contributed by atoms with Crippen LogP contribution in [0.2, 0.25) is 0 Å². The molecule has 0 aliphatic carbocycles. The minimum atomic E-state index is -0.424. The van der Waals surface area contributed by atoms with Crippen LogP contribution in [-0.4, -0.2) is 77.6 Å². The van der Waals surface area contributed by atoms with E-state index in [0.717, 1.165) is 26.1 Å². The van der Waals surface area contributed by atoms with Crippen molar-refractivity contribution in [2.24, 2.45) is 5.41 Å². The number of cyclic esters (lactones) is 1. The maximum absolute atomic E-state index is 12.6. The van der Waals surface area contributed by atoms with Crippen LogP contribution in [0, 0.1) is 5.41 Å². The number of hydrogen-bond donors (Lipinski definition) is 0. The molecule has 146 valence electrons. The number of ether oxygens (including phenoxy) is 2. The first-order valence-corrected chi connectivity index (χ1v) is 9.68. The number of rotatable bonds is 4. The third kappa shape index (κ3) is 3.63. The Balaban J connectivity index is 1.34. The van der Waals surface area contributed by atoms with E-state index in [4.69, 9.17) is 9.47 Å². The molecule has 1 unspecified atom stereocenters. The van der Waals surface area contributed by atoms with Gasteiger partial charge in [-0.25, -0.2) is 9.97 Å². The molecule has 1 atom stereocenters. The van der Waals surface area contributed by atoms with Gasteiger partial charge in [0.15, 0.2) is 0 Å². The fraction of sp³-hybridized carbons (Fsp3) is 0.684. The van der Waals surface area contributed by atoms with E-state index in [2.05, 4.69) is 14.9 Å². The summed E-state index contributed by atoms with van der Waals surface area (Å²) in [5.74, 6) is 0.143. The molecule has 1 amide bonds. The summed E-state index contributed by atoms with van der Waals surface area (Å²) in [4.78, 5) is 37.5. The molecule has 3 saturated heterocycles. The number of amides is 1. The third-order valence-corrected chi connectivity index (χ3v) is 6.05. The summed E-state index contributed by atoms with van der Waals surface area (Å²) in [5.41, 5.74) is -0.125. The van der Waals surface area contributed by atoms with Gasteiger partial charge in [0.2, 0.25) is 5.88 Å². The number of nitrogens with zero attached hydrogens (tertiary/aromatic N) is 4. The lowest BCUT2D eigenvalue weighted by Crippen LogP contribution is -2.45. The van der Waals surface area contributed by atoms with Gasteiger partial charge in [-0.1, -0.05) is 0 Å². The molecule has 0 saturated carbocycles. The van der Waals surface area contributed by atoms with Crippen molar-refractivity contribution in [2.75, 3.05) is 39.8 Å². The van der Waals surface area contributed by atoms with Crippen LogP contribution < -0.4 is 4.74 Å². The highest BCUT2D eigenvalue weighted by atomic mass is 16.6. The van der Waals surface area contributed by atoms with Gasteiger partial charge in [-0.3, -0.25) is 14.5 Å². The van der Waals surface area contributed by atoms with Crippen LogP contribution in [0.5, 0.6) is 5.88 Å². The minimum Gasteiger partial charge on any atom is -0.480 e. The van der Waals surface area contributed by atoms with Crippen molar-refractivity contribution in [1.82, 2.24) is 19.8 Å². The number of likely N-dealkylation sites (tertiary alicyclic amines) is 2. The van der Waals surface area contributed by atoms with Crippen LogP contribution in [0.15, 0.2) is 12.4 Å². The lowest BCUT2D eigenvalue weighted by atomic mass is 9.76. The predicted octanol–water partition coefficient (Wildman–Crippen LogP) is 1.12. The van der Waals surface area contributed by atoms with Gasteiger partial charge < -0.3 is 14.4 Å². The zero-order chi connectivity index (χ0) is 18.9. The maximum atomic E-state index is 12.6. The van der Waals surface area contributed by atoms with Crippen LogP contribution in [0.3, 0.4) is 0 Å². The van der Waals surface area contributed by atoms with Crippen molar-refractivity contribution in [2.45, 2.75) is 38.2 Å². The van der Waals surface area contributed by atoms with Crippen molar-refractivity contribution in [3.05, 3.63) is 18.1 Å². The molecule has 27 heavy (non-hydrogen) atoms. The Labute approximate surface area is 158 Å². The second-order valence-electron chi connectivity index (χ2n) is 7.76. The average molecular weight is 374 g/mol. The second-order valence-corrected chi connectivity index (χ2v) is 7.76. The van der Waals surface area contributed by atoms with Gasteiger partial charge in [0.05, 0.1) is 24.9 Å². The van der Waals surface area contributed by atoms with Gasteiger partial charge in [0.1, 0.15) is 11.8 Å². The molecular formula is C19H26N4O4. The summed E-state index contributed by atoms with van der Waals surface area (Å²) in [6, 6.07) is 0. The number of carbonyl (C=O) groups is 2. The summed E-state index contributed by atoms with van der Waals surface area (Å²) in [7, 11) is 1.51. The zero-order valence-electron chi connectivity index (χ0n) is 15.7. The monoisotopic (exact) mass is 374 g/mol. The van der Waals surface area contributed by atoms with Gasteiger partial charge in [-0.05, 0) is 38.8 Å². The molecule has 8 heteroatoms. The number of esters is 1. The average Bonchev–Trinajstić information content (AvgIpc) is 3.30. The lowest BCUT2D eigenvalue weighted by Gasteiger charge is -2.36. The van der Waals surface area contributed by atoms with Crippen LogP contribution in [-0.2, 0) is 9.53 Å². The van der Waals surface area contributed by atoms with E-state index in [-0.39, 0.29) is 18.0 Å². The molecule has 3 fully saturated rings. The largest absolute Gasteiger partial charge is 0.480 e. The standard InChI is InChI=1S/C19H26N4O4/c1-26-16-12-20-15(11-21-16)17(24)23-8-4-19(5-9-23)10-14(27-18(19)25)13-22-6-2-3-7-22/h11-12,14H,2-10,13H2,1H3. The highest BCUT2D eigenvalue weighted by Gasteiger charge is 2.51. The van der Waals surface area contributed by atoms with Gasteiger partial charge in [-0.15, -0.1) is 0 Å². The third-order valence-electron chi connectivity index (χ3n) is 6.05. The van der Waals surface area contributed by atoms with Crippen LogP contribution in [0.4, 0.5) is 0 Å². The fourth-order valence-electron chi connectivity index (χ4n) is 4.43. The van der Waals surface area contributed by atoms with Crippen molar-refractivity contribution in [1.29, 1.82) is 0 Å². The van der Waals surface area contributed by atoms with Gasteiger partial charge in [0, 0.05) is 26.1 Å². The van der Waals surface area contributed by atoms with Gasteiger partial charge in [0.25, 0.3) is 5.91 Å².